The first-order chi connectivity index (χ1) is 18.9. The van der Waals surface area contributed by atoms with E-state index in [4.69, 9.17) is 14.3 Å². The molecule has 1 aliphatic carbocycles. The molecule has 9 heteroatoms. The van der Waals surface area contributed by atoms with Gasteiger partial charge in [0.1, 0.15) is 23.4 Å². The van der Waals surface area contributed by atoms with Crippen molar-refractivity contribution < 1.29 is 28.7 Å². The summed E-state index contributed by atoms with van der Waals surface area (Å²) < 4.78 is 10.6. The first-order valence-corrected chi connectivity index (χ1v) is 14.4. The monoisotopic (exact) mass is 555 g/mol. The Bertz CT molecular complexity index is 1140. The molecule has 2 N–H and O–H groups in total. The SMILES string of the molecule is COC(=O)[C@@H]1C[C@]2(C=C(c3cc(C)c(OC)c(C)c3)NO2)CN1C(=O)[C@@H](NC(=O)CC1CCCCC1)C(C)(C)C. The highest BCUT2D eigenvalue weighted by Gasteiger charge is 2.54. The van der Waals surface area contributed by atoms with E-state index < -0.39 is 29.1 Å². The second kappa shape index (κ2) is 11.8. The molecule has 1 aromatic carbocycles. The summed E-state index contributed by atoms with van der Waals surface area (Å²) in [5.41, 5.74) is 5.23. The Balaban J connectivity index is 1.58. The van der Waals surface area contributed by atoms with Crippen LogP contribution < -0.4 is 15.5 Å². The third kappa shape index (κ3) is 6.29. The zero-order chi connectivity index (χ0) is 29.2. The smallest absolute Gasteiger partial charge is 0.328 e. The quantitative estimate of drug-likeness (QED) is 0.486. The Labute approximate surface area is 237 Å². The van der Waals surface area contributed by atoms with Gasteiger partial charge >= 0.3 is 5.97 Å². The summed E-state index contributed by atoms with van der Waals surface area (Å²) in [5, 5.41) is 3.03. The minimum Gasteiger partial charge on any atom is -0.496 e. The highest BCUT2D eigenvalue weighted by atomic mass is 16.7. The molecule has 0 aromatic heterocycles. The second-order valence-corrected chi connectivity index (χ2v) is 12.8. The number of rotatable bonds is 7. The molecule has 2 aliphatic heterocycles. The number of nitrogens with one attached hydrogen (secondary N) is 2. The lowest BCUT2D eigenvalue weighted by molar-refractivity contribution is -0.153. The van der Waals surface area contributed by atoms with E-state index in [0.29, 0.717) is 12.3 Å². The number of hydrogen-bond acceptors (Lipinski definition) is 7. The van der Waals surface area contributed by atoms with Crippen molar-refractivity contribution in [1.29, 1.82) is 0 Å². The maximum atomic E-state index is 14.1. The predicted molar refractivity (Wildman–Crippen MR) is 152 cm³/mol. The Morgan fingerprint density at radius 3 is 2.35 bits per heavy atom. The molecule has 3 atom stereocenters. The number of ether oxygens (including phenoxy) is 2. The van der Waals surface area contributed by atoms with E-state index >= 15 is 0 Å². The predicted octanol–water partition coefficient (Wildman–Crippen LogP) is 4.20. The molecule has 0 radical (unpaired) electrons. The molecule has 0 unspecified atom stereocenters. The fourth-order valence-corrected chi connectivity index (χ4v) is 6.39. The molecule has 4 rings (SSSR count). The third-order valence-corrected chi connectivity index (χ3v) is 8.47. The average molecular weight is 556 g/mol. The van der Waals surface area contributed by atoms with Gasteiger partial charge in [0, 0.05) is 18.4 Å². The van der Waals surface area contributed by atoms with Gasteiger partial charge in [-0.25, -0.2) is 4.79 Å². The van der Waals surface area contributed by atoms with Crippen LogP contribution in [-0.2, 0) is 24.0 Å². The van der Waals surface area contributed by atoms with Gasteiger partial charge in [0.05, 0.1) is 26.5 Å². The van der Waals surface area contributed by atoms with Crippen molar-refractivity contribution in [2.24, 2.45) is 11.3 Å². The van der Waals surface area contributed by atoms with Gasteiger partial charge in [-0.15, -0.1) is 0 Å². The van der Waals surface area contributed by atoms with Gasteiger partial charge in [0.15, 0.2) is 0 Å². The van der Waals surface area contributed by atoms with Crippen molar-refractivity contribution in [2.45, 2.75) is 97.2 Å². The molecule has 1 spiro atoms. The summed E-state index contributed by atoms with van der Waals surface area (Å²) in [5.74, 6) is 0.260. The molecule has 40 heavy (non-hydrogen) atoms. The molecule has 2 fully saturated rings. The zero-order valence-corrected chi connectivity index (χ0v) is 25.0. The number of esters is 1. The van der Waals surface area contributed by atoms with E-state index in [1.54, 1.807) is 7.11 Å². The average Bonchev–Trinajstić information content (AvgIpc) is 3.50. The lowest BCUT2D eigenvalue weighted by Crippen LogP contribution is -2.57. The molecular weight excluding hydrogens is 510 g/mol. The van der Waals surface area contributed by atoms with Crippen molar-refractivity contribution >= 4 is 23.5 Å². The van der Waals surface area contributed by atoms with Crippen LogP contribution in [0.4, 0.5) is 0 Å². The number of aryl methyl sites for hydroxylation is 2. The van der Waals surface area contributed by atoms with Gasteiger partial charge in [-0.3, -0.25) is 19.9 Å². The van der Waals surface area contributed by atoms with Crippen molar-refractivity contribution in [1.82, 2.24) is 15.7 Å². The van der Waals surface area contributed by atoms with E-state index in [1.807, 2.05) is 52.8 Å². The van der Waals surface area contributed by atoms with E-state index in [-0.39, 0.29) is 24.8 Å². The molecule has 3 aliphatic rings. The van der Waals surface area contributed by atoms with Crippen LogP contribution >= 0.6 is 0 Å². The van der Waals surface area contributed by atoms with Gasteiger partial charge in [0.25, 0.3) is 0 Å². The van der Waals surface area contributed by atoms with E-state index in [2.05, 4.69) is 10.8 Å². The summed E-state index contributed by atoms with van der Waals surface area (Å²) in [6, 6.07) is 2.39. The number of carbonyl (C=O) groups excluding carboxylic acids is 3. The van der Waals surface area contributed by atoms with Crippen LogP contribution in [0.15, 0.2) is 18.2 Å². The molecule has 0 bridgehead atoms. The molecule has 2 heterocycles. The van der Waals surface area contributed by atoms with Crippen LogP contribution in [-0.4, -0.2) is 61.1 Å². The van der Waals surface area contributed by atoms with Crippen LogP contribution in [0.1, 0.15) is 82.4 Å². The lowest BCUT2D eigenvalue weighted by Gasteiger charge is -2.35. The van der Waals surface area contributed by atoms with E-state index in [9.17, 15) is 14.4 Å². The van der Waals surface area contributed by atoms with Crippen molar-refractivity contribution in [3.63, 3.8) is 0 Å². The lowest BCUT2D eigenvalue weighted by atomic mass is 9.84. The molecule has 1 saturated carbocycles. The topological polar surface area (TPSA) is 106 Å². The summed E-state index contributed by atoms with van der Waals surface area (Å²) >= 11 is 0. The van der Waals surface area contributed by atoms with Crippen molar-refractivity contribution in [3.8, 4) is 5.75 Å². The van der Waals surface area contributed by atoms with E-state index in [0.717, 1.165) is 53.8 Å². The molecular formula is C31H45N3O6. The minimum atomic E-state index is -0.917. The highest BCUT2D eigenvalue weighted by molar-refractivity contribution is 5.92. The highest BCUT2D eigenvalue weighted by Crippen LogP contribution is 2.40. The Morgan fingerprint density at radius 2 is 1.77 bits per heavy atom. The van der Waals surface area contributed by atoms with E-state index in [1.165, 1.54) is 18.4 Å². The number of methoxy groups -OCH3 is 2. The Kier molecular flexibility index (Phi) is 8.83. The largest absolute Gasteiger partial charge is 0.496 e. The maximum Gasteiger partial charge on any atom is 0.328 e. The number of nitrogens with zero attached hydrogens (tertiary/aromatic N) is 1. The van der Waals surface area contributed by atoms with Gasteiger partial charge in [-0.2, -0.15) is 0 Å². The maximum absolute atomic E-state index is 14.1. The van der Waals surface area contributed by atoms with Gasteiger partial charge < -0.3 is 19.7 Å². The Hall–Kier alpha value is -3.07. The normalized spacial score (nSPS) is 23.9. The third-order valence-electron chi connectivity index (χ3n) is 8.47. The number of carbonyl (C=O) groups is 3. The minimum absolute atomic E-state index is 0.116. The number of hydroxylamine groups is 1. The van der Waals surface area contributed by atoms with Crippen LogP contribution in [0.5, 0.6) is 5.75 Å². The van der Waals surface area contributed by atoms with Crippen LogP contribution in [0.2, 0.25) is 0 Å². The molecule has 1 aromatic rings. The molecule has 1 saturated heterocycles. The zero-order valence-electron chi connectivity index (χ0n) is 25.0. The van der Waals surface area contributed by atoms with Gasteiger partial charge in [0.2, 0.25) is 11.8 Å². The van der Waals surface area contributed by atoms with Crippen molar-refractivity contribution in [2.75, 3.05) is 20.8 Å². The summed E-state index contributed by atoms with van der Waals surface area (Å²) in [6.45, 7) is 9.90. The van der Waals surface area contributed by atoms with Gasteiger partial charge in [-0.1, -0.05) is 40.0 Å². The molecule has 220 valence electrons. The fourth-order valence-electron chi connectivity index (χ4n) is 6.39. The molecule has 2 amide bonds. The number of likely N-dealkylation sites (tertiary alicyclic amines) is 1. The number of benzene rings is 1. The molecule has 9 nitrogen and oxygen atoms in total. The number of amides is 2. The summed E-state index contributed by atoms with van der Waals surface area (Å²) in [7, 11) is 2.97. The van der Waals surface area contributed by atoms with Gasteiger partial charge in [-0.05, 0) is 67.4 Å². The summed E-state index contributed by atoms with van der Waals surface area (Å²) in [6.07, 6.45) is 8.22. The van der Waals surface area contributed by atoms with Crippen molar-refractivity contribution in [3.05, 3.63) is 34.9 Å². The first kappa shape index (κ1) is 29.9. The van der Waals surface area contributed by atoms with Crippen LogP contribution in [0, 0.1) is 25.2 Å². The fraction of sp³-hybridized carbons (Fsp3) is 0.645. The second-order valence-electron chi connectivity index (χ2n) is 12.8. The standard InChI is InChI=1S/C31H45N3O6/c1-19-13-22(14-20(2)26(19)38-6)23-16-31(40-33-23)17-24(29(37)39-7)34(18-31)28(36)27(30(3,4)5)32-25(35)15-21-11-9-8-10-12-21/h13-14,16,21,24,27,33H,8-12,15,17-18H2,1-7H3,(H,32,35)/t24-,27+,31+/m0/s1. The summed E-state index contributed by atoms with van der Waals surface area (Å²) in [4.78, 5) is 47.7. The Morgan fingerprint density at radius 1 is 1.12 bits per heavy atom. The number of hydrogen-bond donors (Lipinski definition) is 2. The van der Waals surface area contributed by atoms with Crippen LogP contribution in [0.3, 0.4) is 0 Å². The first-order valence-electron chi connectivity index (χ1n) is 14.4. The van der Waals surface area contributed by atoms with Crippen LogP contribution in [0.25, 0.3) is 5.70 Å².